The maximum atomic E-state index is 11.3. The fraction of sp³-hybridized carbons (Fsp3) is 0.0833. The van der Waals surface area contributed by atoms with Crippen molar-refractivity contribution in [2.24, 2.45) is 5.14 Å². The molecule has 0 aliphatic heterocycles. The van der Waals surface area contributed by atoms with Gasteiger partial charge >= 0.3 is 0 Å². The summed E-state index contributed by atoms with van der Waals surface area (Å²) >= 11 is 0. The fourth-order valence-electron chi connectivity index (χ4n) is 1.69. The molecule has 8 nitrogen and oxygen atoms in total. The molecule has 110 valence electrons. The maximum absolute atomic E-state index is 11.3. The predicted octanol–water partition coefficient (Wildman–Crippen LogP) is 1.25. The molecule has 2 aromatic rings. The first-order valence-corrected chi connectivity index (χ1v) is 7.36. The van der Waals surface area contributed by atoms with Crippen LogP contribution >= 0.6 is 0 Å². The molecule has 9 heteroatoms. The SMILES string of the molecule is NS(=O)(=O)c1ccc([N+](=O)[O-])c(NCc2cccnc2)c1. The Labute approximate surface area is 120 Å². The molecule has 1 aromatic carbocycles. The summed E-state index contributed by atoms with van der Waals surface area (Å²) in [6.07, 6.45) is 3.20. The van der Waals surface area contributed by atoms with Crippen LogP contribution in [0.3, 0.4) is 0 Å². The van der Waals surface area contributed by atoms with Crippen LogP contribution in [-0.4, -0.2) is 18.3 Å². The molecule has 21 heavy (non-hydrogen) atoms. The van der Waals surface area contributed by atoms with Crippen molar-refractivity contribution >= 4 is 21.4 Å². The molecule has 0 aliphatic rings. The zero-order chi connectivity index (χ0) is 15.5. The highest BCUT2D eigenvalue weighted by Crippen LogP contribution is 2.27. The minimum Gasteiger partial charge on any atom is -0.375 e. The summed E-state index contributed by atoms with van der Waals surface area (Å²) < 4.78 is 22.6. The zero-order valence-electron chi connectivity index (χ0n) is 10.8. The topological polar surface area (TPSA) is 128 Å². The molecule has 1 heterocycles. The third kappa shape index (κ3) is 3.74. The van der Waals surface area contributed by atoms with Gasteiger partial charge in [0.25, 0.3) is 5.69 Å². The lowest BCUT2D eigenvalue weighted by atomic mass is 10.2. The van der Waals surface area contributed by atoms with Crippen LogP contribution in [0.15, 0.2) is 47.6 Å². The predicted molar refractivity (Wildman–Crippen MR) is 76.0 cm³/mol. The molecule has 2 rings (SSSR count). The first-order chi connectivity index (χ1) is 9.88. The van der Waals surface area contributed by atoms with Crippen molar-refractivity contribution in [3.05, 3.63) is 58.4 Å². The van der Waals surface area contributed by atoms with Gasteiger partial charge in [0.15, 0.2) is 0 Å². The number of nitrogens with zero attached hydrogens (tertiary/aromatic N) is 2. The fourth-order valence-corrected chi connectivity index (χ4v) is 2.23. The van der Waals surface area contributed by atoms with Crippen molar-refractivity contribution in [3.63, 3.8) is 0 Å². The summed E-state index contributed by atoms with van der Waals surface area (Å²) in [6, 6.07) is 6.86. The highest BCUT2D eigenvalue weighted by atomic mass is 32.2. The van der Waals surface area contributed by atoms with Crippen LogP contribution in [0.2, 0.25) is 0 Å². The van der Waals surface area contributed by atoms with Crippen LogP contribution in [0.4, 0.5) is 11.4 Å². The van der Waals surface area contributed by atoms with E-state index < -0.39 is 14.9 Å². The molecule has 0 saturated carbocycles. The van der Waals surface area contributed by atoms with Crippen LogP contribution in [0, 0.1) is 10.1 Å². The third-order valence-electron chi connectivity index (χ3n) is 2.70. The number of hydrogen-bond acceptors (Lipinski definition) is 6. The van der Waals surface area contributed by atoms with Gasteiger partial charge in [0.1, 0.15) is 5.69 Å². The van der Waals surface area contributed by atoms with Gasteiger partial charge < -0.3 is 5.32 Å². The monoisotopic (exact) mass is 308 g/mol. The minimum atomic E-state index is -3.93. The summed E-state index contributed by atoms with van der Waals surface area (Å²) in [4.78, 5) is 14.1. The van der Waals surface area contributed by atoms with Gasteiger partial charge in [-0.05, 0) is 23.8 Å². The Morgan fingerprint density at radius 1 is 1.33 bits per heavy atom. The van der Waals surface area contributed by atoms with E-state index in [2.05, 4.69) is 10.3 Å². The third-order valence-corrected chi connectivity index (χ3v) is 3.61. The standard InChI is InChI=1S/C12H12N4O4S/c13-21(19,20)10-3-4-12(16(17)18)11(6-10)15-8-9-2-1-5-14-7-9/h1-7,15H,8H2,(H2,13,19,20). The normalized spacial score (nSPS) is 11.1. The van der Waals surface area contributed by atoms with Crippen LogP contribution in [0.25, 0.3) is 0 Å². The number of nitro benzene ring substituents is 1. The van der Waals surface area contributed by atoms with E-state index >= 15 is 0 Å². The molecule has 0 aliphatic carbocycles. The van der Waals surface area contributed by atoms with E-state index in [9.17, 15) is 18.5 Å². The van der Waals surface area contributed by atoms with E-state index in [4.69, 9.17) is 5.14 Å². The lowest BCUT2D eigenvalue weighted by Gasteiger charge is -2.08. The second-order valence-corrected chi connectivity index (χ2v) is 5.76. The van der Waals surface area contributed by atoms with Crippen LogP contribution in [0.5, 0.6) is 0 Å². The second kappa shape index (κ2) is 5.85. The van der Waals surface area contributed by atoms with Gasteiger partial charge in [0, 0.05) is 25.0 Å². The van der Waals surface area contributed by atoms with Gasteiger partial charge in [-0.3, -0.25) is 15.1 Å². The molecule has 0 fully saturated rings. The Morgan fingerprint density at radius 2 is 2.10 bits per heavy atom. The van der Waals surface area contributed by atoms with Crippen LogP contribution in [0.1, 0.15) is 5.56 Å². The number of aromatic nitrogens is 1. The summed E-state index contributed by atoms with van der Waals surface area (Å²) in [5.74, 6) is 0. The number of nitrogens with two attached hydrogens (primary N) is 1. The highest BCUT2D eigenvalue weighted by molar-refractivity contribution is 7.89. The van der Waals surface area contributed by atoms with Crippen molar-refractivity contribution in [2.45, 2.75) is 11.4 Å². The number of benzene rings is 1. The molecule has 0 radical (unpaired) electrons. The van der Waals surface area contributed by atoms with E-state index in [-0.39, 0.29) is 22.8 Å². The van der Waals surface area contributed by atoms with E-state index in [0.717, 1.165) is 23.8 Å². The Morgan fingerprint density at radius 3 is 2.67 bits per heavy atom. The molecule has 0 bridgehead atoms. The lowest BCUT2D eigenvalue weighted by molar-refractivity contribution is -0.384. The average Bonchev–Trinajstić information content (AvgIpc) is 2.45. The number of nitro groups is 1. The number of nitrogens with one attached hydrogen (secondary N) is 1. The van der Waals surface area contributed by atoms with Crippen LogP contribution < -0.4 is 10.5 Å². The highest BCUT2D eigenvalue weighted by Gasteiger charge is 2.18. The molecular formula is C12H12N4O4S. The zero-order valence-corrected chi connectivity index (χ0v) is 11.6. The van der Waals surface area contributed by atoms with Crippen molar-refractivity contribution in [3.8, 4) is 0 Å². The first-order valence-electron chi connectivity index (χ1n) is 5.82. The van der Waals surface area contributed by atoms with E-state index in [1.54, 1.807) is 24.5 Å². The molecule has 0 unspecified atom stereocenters. The number of sulfonamides is 1. The Bertz CT molecular complexity index is 762. The Hall–Kier alpha value is -2.52. The smallest absolute Gasteiger partial charge is 0.292 e. The lowest BCUT2D eigenvalue weighted by Crippen LogP contribution is -2.13. The number of hydrogen-bond donors (Lipinski definition) is 2. The van der Waals surface area contributed by atoms with E-state index in [0.29, 0.717) is 0 Å². The van der Waals surface area contributed by atoms with Crippen molar-refractivity contribution < 1.29 is 13.3 Å². The molecule has 0 atom stereocenters. The summed E-state index contributed by atoms with van der Waals surface area (Å²) in [5, 5.41) is 18.8. The van der Waals surface area contributed by atoms with Crippen molar-refractivity contribution in [1.82, 2.24) is 4.98 Å². The molecular weight excluding hydrogens is 296 g/mol. The van der Waals surface area contributed by atoms with Crippen molar-refractivity contribution in [1.29, 1.82) is 0 Å². The number of primary sulfonamides is 1. The summed E-state index contributed by atoms with van der Waals surface area (Å²) in [6.45, 7) is 0.267. The molecule has 0 saturated heterocycles. The van der Waals surface area contributed by atoms with Gasteiger partial charge in [0.05, 0.1) is 9.82 Å². The molecule has 0 amide bonds. The van der Waals surface area contributed by atoms with Crippen LogP contribution in [-0.2, 0) is 16.6 Å². The quantitative estimate of drug-likeness (QED) is 0.632. The van der Waals surface area contributed by atoms with E-state index in [1.807, 2.05) is 0 Å². The first kappa shape index (κ1) is 14.9. The Balaban J connectivity index is 2.33. The maximum Gasteiger partial charge on any atom is 0.292 e. The van der Waals surface area contributed by atoms with Gasteiger partial charge in [0.2, 0.25) is 10.0 Å². The number of pyridine rings is 1. The minimum absolute atomic E-state index is 0.0791. The number of anilines is 1. The number of rotatable bonds is 5. The second-order valence-electron chi connectivity index (χ2n) is 4.20. The Kier molecular flexibility index (Phi) is 4.15. The van der Waals surface area contributed by atoms with E-state index in [1.165, 1.54) is 0 Å². The van der Waals surface area contributed by atoms with Gasteiger partial charge in [-0.1, -0.05) is 6.07 Å². The summed E-state index contributed by atoms with van der Waals surface area (Å²) in [5.41, 5.74) is 0.648. The van der Waals surface area contributed by atoms with Crippen molar-refractivity contribution in [2.75, 3.05) is 5.32 Å². The molecule has 3 N–H and O–H groups in total. The molecule has 0 spiro atoms. The largest absolute Gasteiger partial charge is 0.375 e. The van der Waals surface area contributed by atoms with Gasteiger partial charge in [-0.2, -0.15) is 0 Å². The average molecular weight is 308 g/mol. The van der Waals surface area contributed by atoms with Gasteiger partial charge in [-0.15, -0.1) is 0 Å². The molecule has 1 aromatic heterocycles. The van der Waals surface area contributed by atoms with Gasteiger partial charge in [-0.25, -0.2) is 13.6 Å². The summed E-state index contributed by atoms with van der Waals surface area (Å²) in [7, 11) is -3.93.